The van der Waals surface area contributed by atoms with Crippen molar-refractivity contribution in [3.8, 4) is 17.2 Å². The van der Waals surface area contributed by atoms with Gasteiger partial charge in [0.1, 0.15) is 24.7 Å². The second-order valence-electron chi connectivity index (χ2n) is 11.9. The van der Waals surface area contributed by atoms with Crippen molar-refractivity contribution in [1.82, 2.24) is 9.80 Å². The summed E-state index contributed by atoms with van der Waals surface area (Å²) in [6.45, 7) is 9.91. The molecule has 0 saturated carbocycles. The zero-order valence-corrected chi connectivity index (χ0v) is 28.1. The van der Waals surface area contributed by atoms with E-state index in [0.717, 1.165) is 30.8 Å². The fraction of sp³-hybridized carbons (Fsp3) is 0.300. The van der Waals surface area contributed by atoms with Gasteiger partial charge in [0.05, 0.1) is 18.7 Å². The summed E-state index contributed by atoms with van der Waals surface area (Å²) in [5.74, 6) is 0.0254. The van der Waals surface area contributed by atoms with Gasteiger partial charge in [0.2, 0.25) is 0 Å². The number of rotatable bonds is 15. The number of hydrogen-bond acceptors (Lipinski definition) is 7. The van der Waals surface area contributed by atoms with Crippen LogP contribution in [0.3, 0.4) is 0 Å². The Labute approximate surface area is 283 Å². The van der Waals surface area contributed by atoms with Gasteiger partial charge in [0, 0.05) is 12.1 Å². The molecule has 8 nitrogen and oxygen atoms in total. The lowest BCUT2D eigenvalue weighted by Crippen LogP contribution is -2.33. The molecule has 48 heavy (non-hydrogen) atoms. The Morgan fingerprint density at radius 2 is 1.48 bits per heavy atom. The first-order chi connectivity index (χ1) is 23.3. The summed E-state index contributed by atoms with van der Waals surface area (Å²) in [6.07, 6.45) is 0.674. The number of Topliss-reactive ketones (excluding diaryl/α,β-unsaturated/α-hetero) is 1. The molecule has 0 radical (unpaired) electrons. The minimum atomic E-state index is -0.809. The quantitative estimate of drug-likeness (QED) is 0.0821. The standard InChI is InChI=1S/C40H44N2O6/c1-5-41(6-2)23-10-24-42-37(32-19-22-34(35(25-32)46-4)48-27-29-11-8-7-9-12-29)36(39(44)40(42)45)38(43)31-17-20-33(21-18-31)47-26-30-15-13-28(3)14-16-30/h7-9,11-22,25,37,43H,5-6,10,23-24,26-27H2,1-4H3/t37-/m0/s1. The van der Waals surface area contributed by atoms with Crippen LogP contribution in [-0.4, -0.2) is 59.9 Å². The first-order valence-electron chi connectivity index (χ1n) is 16.5. The summed E-state index contributed by atoms with van der Waals surface area (Å²) >= 11 is 0. The van der Waals surface area contributed by atoms with Crippen LogP contribution < -0.4 is 14.2 Å². The lowest BCUT2D eigenvalue weighted by atomic mass is 9.95. The highest BCUT2D eigenvalue weighted by molar-refractivity contribution is 6.46. The van der Waals surface area contributed by atoms with Crippen molar-refractivity contribution in [1.29, 1.82) is 0 Å². The molecule has 4 aromatic rings. The van der Waals surface area contributed by atoms with Crippen molar-refractivity contribution >= 4 is 17.4 Å². The smallest absolute Gasteiger partial charge is 0.295 e. The number of aliphatic hydroxyl groups excluding tert-OH is 1. The average Bonchev–Trinajstić information content (AvgIpc) is 3.37. The van der Waals surface area contributed by atoms with E-state index in [-0.39, 0.29) is 11.3 Å². The third-order valence-electron chi connectivity index (χ3n) is 8.70. The predicted molar refractivity (Wildman–Crippen MR) is 187 cm³/mol. The molecule has 0 aromatic heterocycles. The maximum atomic E-state index is 13.7. The molecule has 8 heteroatoms. The van der Waals surface area contributed by atoms with E-state index in [9.17, 15) is 14.7 Å². The number of nitrogens with zero attached hydrogens (tertiary/aromatic N) is 2. The van der Waals surface area contributed by atoms with Gasteiger partial charge in [-0.1, -0.05) is 80.1 Å². The topological polar surface area (TPSA) is 88.5 Å². The molecule has 4 aromatic carbocycles. The molecule has 1 heterocycles. The maximum Gasteiger partial charge on any atom is 0.295 e. The number of likely N-dealkylation sites (tertiary alicyclic amines) is 1. The Kier molecular flexibility index (Phi) is 11.5. The number of carbonyl (C=O) groups excluding carboxylic acids is 2. The number of ketones is 1. The highest BCUT2D eigenvalue weighted by Crippen LogP contribution is 2.42. The van der Waals surface area contributed by atoms with Gasteiger partial charge in [-0.3, -0.25) is 9.59 Å². The Hall–Kier alpha value is -5.08. The summed E-state index contributed by atoms with van der Waals surface area (Å²) in [6, 6.07) is 29.4. The van der Waals surface area contributed by atoms with Crippen molar-refractivity contribution in [2.24, 2.45) is 0 Å². The fourth-order valence-corrected chi connectivity index (χ4v) is 5.89. The second-order valence-corrected chi connectivity index (χ2v) is 11.9. The summed E-state index contributed by atoms with van der Waals surface area (Å²) in [7, 11) is 1.55. The van der Waals surface area contributed by atoms with Crippen molar-refractivity contribution in [3.63, 3.8) is 0 Å². The first-order valence-corrected chi connectivity index (χ1v) is 16.5. The summed E-state index contributed by atoms with van der Waals surface area (Å²) in [5, 5.41) is 11.6. The lowest BCUT2D eigenvalue weighted by molar-refractivity contribution is -0.140. The van der Waals surface area contributed by atoms with E-state index in [1.165, 1.54) is 5.56 Å². The molecule has 1 atom stereocenters. The zero-order valence-electron chi connectivity index (χ0n) is 28.1. The van der Waals surface area contributed by atoms with Gasteiger partial charge in [-0.15, -0.1) is 0 Å². The molecule has 0 unspecified atom stereocenters. The van der Waals surface area contributed by atoms with Crippen LogP contribution in [0.5, 0.6) is 17.2 Å². The molecule has 250 valence electrons. The van der Waals surface area contributed by atoms with E-state index in [1.54, 1.807) is 48.4 Å². The SMILES string of the molecule is CCN(CC)CCCN1C(=O)C(=O)C(=C(O)c2ccc(OCc3ccc(C)cc3)cc2)[C@@H]1c1ccc(OCc2ccccc2)c(OC)c1. The zero-order chi connectivity index (χ0) is 34.0. The number of aryl methyl sites for hydroxylation is 1. The van der Waals surface area contributed by atoms with Crippen molar-refractivity contribution in [2.45, 2.75) is 46.4 Å². The van der Waals surface area contributed by atoms with Gasteiger partial charge in [-0.05, 0) is 86.1 Å². The Bertz CT molecular complexity index is 1710. The molecular formula is C40H44N2O6. The predicted octanol–water partition coefficient (Wildman–Crippen LogP) is 7.32. The van der Waals surface area contributed by atoms with Crippen LogP contribution in [0.4, 0.5) is 0 Å². The summed E-state index contributed by atoms with van der Waals surface area (Å²) in [4.78, 5) is 31.1. The van der Waals surface area contributed by atoms with E-state index in [0.29, 0.717) is 54.6 Å². The van der Waals surface area contributed by atoms with Crippen LogP contribution in [0.25, 0.3) is 5.76 Å². The molecule has 1 aliphatic heterocycles. The third kappa shape index (κ3) is 8.06. The minimum Gasteiger partial charge on any atom is -0.507 e. The van der Waals surface area contributed by atoms with Crippen molar-refractivity contribution in [2.75, 3.05) is 33.3 Å². The molecule has 1 aliphatic rings. The minimum absolute atomic E-state index is 0.0381. The van der Waals surface area contributed by atoms with E-state index in [4.69, 9.17) is 14.2 Å². The van der Waals surface area contributed by atoms with E-state index < -0.39 is 17.7 Å². The molecule has 0 spiro atoms. The molecular weight excluding hydrogens is 604 g/mol. The number of carbonyl (C=O) groups is 2. The Balaban J connectivity index is 1.44. The molecule has 0 aliphatic carbocycles. The molecule has 1 amide bonds. The van der Waals surface area contributed by atoms with Gasteiger partial charge in [0.15, 0.2) is 11.5 Å². The number of hydrogen-bond donors (Lipinski definition) is 1. The first kappa shape index (κ1) is 34.3. The number of aliphatic hydroxyl groups is 1. The number of ether oxygens (including phenoxy) is 3. The van der Waals surface area contributed by atoms with E-state index in [2.05, 4.69) is 18.7 Å². The van der Waals surface area contributed by atoms with Crippen molar-refractivity contribution < 1.29 is 28.9 Å². The van der Waals surface area contributed by atoms with Gasteiger partial charge in [0.25, 0.3) is 11.7 Å². The van der Waals surface area contributed by atoms with Crippen molar-refractivity contribution in [3.05, 3.63) is 130 Å². The normalized spacial score (nSPS) is 15.6. The van der Waals surface area contributed by atoms with Gasteiger partial charge in [-0.25, -0.2) is 0 Å². The average molecular weight is 649 g/mol. The van der Waals surface area contributed by atoms with Crippen LogP contribution in [0.15, 0.2) is 103 Å². The van der Waals surface area contributed by atoms with Crippen LogP contribution >= 0.6 is 0 Å². The third-order valence-corrected chi connectivity index (χ3v) is 8.70. The molecule has 5 rings (SSSR count). The Morgan fingerprint density at radius 3 is 2.15 bits per heavy atom. The molecule has 1 N–H and O–H groups in total. The number of amides is 1. The molecule has 0 bridgehead atoms. The molecule has 1 fully saturated rings. The van der Waals surface area contributed by atoms with Gasteiger partial charge in [-0.2, -0.15) is 0 Å². The second kappa shape index (κ2) is 16.2. The van der Waals surface area contributed by atoms with E-state index >= 15 is 0 Å². The van der Waals surface area contributed by atoms with Crippen LogP contribution in [-0.2, 0) is 22.8 Å². The van der Waals surface area contributed by atoms with Gasteiger partial charge < -0.3 is 29.1 Å². The number of methoxy groups -OCH3 is 1. The maximum absolute atomic E-state index is 13.7. The number of benzene rings is 4. The Morgan fingerprint density at radius 1 is 0.812 bits per heavy atom. The van der Waals surface area contributed by atoms with Crippen LogP contribution in [0.1, 0.15) is 54.1 Å². The highest BCUT2D eigenvalue weighted by atomic mass is 16.5. The van der Waals surface area contributed by atoms with Crippen LogP contribution in [0, 0.1) is 6.92 Å². The molecule has 1 saturated heterocycles. The summed E-state index contributed by atoms with van der Waals surface area (Å²) < 4.78 is 17.7. The fourth-order valence-electron chi connectivity index (χ4n) is 5.89. The van der Waals surface area contributed by atoms with Crippen LogP contribution in [0.2, 0.25) is 0 Å². The highest BCUT2D eigenvalue weighted by Gasteiger charge is 2.46. The monoisotopic (exact) mass is 648 g/mol. The lowest BCUT2D eigenvalue weighted by Gasteiger charge is -2.27. The summed E-state index contributed by atoms with van der Waals surface area (Å²) in [5.41, 5.74) is 4.32. The largest absolute Gasteiger partial charge is 0.507 e. The van der Waals surface area contributed by atoms with E-state index in [1.807, 2.05) is 67.6 Å². The van der Waals surface area contributed by atoms with Gasteiger partial charge >= 0.3 is 0 Å².